The van der Waals surface area contributed by atoms with Gasteiger partial charge in [-0.05, 0) is 64.5 Å². The predicted octanol–water partition coefficient (Wildman–Crippen LogP) is 9.10. The molecule has 2 atom stereocenters. The first-order valence-electron chi connectivity index (χ1n) is 12.6. The standard InChI is InChI=1S/C31H40/c1-7-13-23-19-27-21(9-3)15-11-17-25(27)29(23)31(5,6)30-24(14-8-2)20-28-22(10-4)16-12-18-26(28)30/h11-12,15-20,29-30H,7-10,13-14H2,1-6H3. The van der Waals surface area contributed by atoms with Crippen molar-refractivity contribution in [3.05, 3.63) is 80.9 Å². The lowest BCUT2D eigenvalue weighted by Gasteiger charge is -2.42. The van der Waals surface area contributed by atoms with E-state index in [-0.39, 0.29) is 5.41 Å². The topological polar surface area (TPSA) is 0 Å². The lowest BCUT2D eigenvalue weighted by molar-refractivity contribution is 0.268. The molecule has 0 aromatic heterocycles. The van der Waals surface area contributed by atoms with Gasteiger partial charge in [0.15, 0.2) is 0 Å². The Bertz CT molecular complexity index is 933. The monoisotopic (exact) mass is 412 g/mol. The number of allylic oxidation sites excluding steroid dienone is 2. The van der Waals surface area contributed by atoms with Crippen molar-refractivity contribution in [1.82, 2.24) is 0 Å². The molecule has 2 aliphatic rings. The summed E-state index contributed by atoms with van der Waals surface area (Å²) in [6.45, 7) is 14.4. The maximum Gasteiger partial charge on any atom is 0.0118 e. The van der Waals surface area contributed by atoms with E-state index in [9.17, 15) is 0 Å². The van der Waals surface area contributed by atoms with Crippen molar-refractivity contribution in [2.45, 2.75) is 91.9 Å². The predicted molar refractivity (Wildman–Crippen MR) is 137 cm³/mol. The smallest absolute Gasteiger partial charge is 0.0118 e. The highest BCUT2D eigenvalue weighted by Gasteiger charge is 2.46. The van der Waals surface area contributed by atoms with Gasteiger partial charge in [0.05, 0.1) is 0 Å². The van der Waals surface area contributed by atoms with Crippen LogP contribution in [0, 0.1) is 5.41 Å². The molecule has 4 rings (SSSR count). The van der Waals surface area contributed by atoms with Gasteiger partial charge in [-0.2, -0.15) is 0 Å². The molecule has 2 aromatic rings. The lowest BCUT2D eigenvalue weighted by Crippen LogP contribution is -2.30. The van der Waals surface area contributed by atoms with Crippen LogP contribution in [-0.2, 0) is 12.8 Å². The van der Waals surface area contributed by atoms with Crippen LogP contribution in [0.25, 0.3) is 12.2 Å². The van der Waals surface area contributed by atoms with Crippen molar-refractivity contribution >= 4 is 12.2 Å². The summed E-state index contributed by atoms with van der Waals surface area (Å²) in [5.41, 5.74) is 12.6. The van der Waals surface area contributed by atoms with Crippen LogP contribution in [-0.4, -0.2) is 0 Å². The minimum atomic E-state index is 0.136. The summed E-state index contributed by atoms with van der Waals surface area (Å²) in [4.78, 5) is 0. The third-order valence-electron chi connectivity index (χ3n) is 7.81. The van der Waals surface area contributed by atoms with Crippen LogP contribution in [0.4, 0.5) is 0 Å². The summed E-state index contributed by atoms with van der Waals surface area (Å²) >= 11 is 0. The van der Waals surface area contributed by atoms with Crippen molar-refractivity contribution in [2.24, 2.45) is 5.41 Å². The highest BCUT2D eigenvalue weighted by molar-refractivity contribution is 5.73. The Kier molecular flexibility index (Phi) is 6.29. The van der Waals surface area contributed by atoms with Crippen LogP contribution >= 0.6 is 0 Å². The first kappa shape index (κ1) is 22.1. The van der Waals surface area contributed by atoms with E-state index in [0.29, 0.717) is 11.8 Å². The fraction of sp³-hybridized carbons (Fsp3) is 0.484. The maximum atomic E-state index is 2.56. The zero-order chi connectivity index (χ0) is 22.2. The highest BCUT2D eigenvalue weighted by Crippen LogP contribution is 2.60. The number of rotatable bonds is 8. The fourth-order valence-corrected chi connectivity index (χ4v) is 6.61. The van der Waals surface area contributed by atoms with E-state index >= 15 is 0 Å². The van der Waals surface area contributed by atoms with Crippen LogP contribution in [0.2, 0.25) is 0 Å². The Labute approximate surface area is 190 Å². The van der Waals surface area contributed by atoms with Crippen molar-refractivity contribution in [1.29, 1.82) is 0 Å². The van der Waals surface area contributed by atoms with Gasteiger partial charge in [-0.1, -0.05) is 114 Å². The Morgan fingerprint density at radius 3 is 1.42 bits per heavy atom. The van der Waals surface area contributed by atoms with E-state index in [1.165, 1.54) is 47.9 Å². The van der Waals surface area contributed by atoms with Gasteiger partial charge in [0, 0.05) is 11.8 Å². The summed E-state index contributed by atoms with van der Waals surface area (Å²) in [6, 6.07) is 14.1. The molecule has 0 nitrogen and oxygen atoms in total. The molecular formula is C31H40. The molecule has 164 valence electrons. The van der Waals surface area contributed by atoms with Crippen molar-refractivity contribution < 1.29 is 0 Å². The molecular weight excluding hydrogens is 372 g/mol. The second-order valence-electron chi connectivity index (χ2n) is 10.2. The Hall–Kier alpha value is -2.08. The summed E-state index contributed by atoms with van der Waals surface area (Å²) in [5, 5.41) is 0. The van der Waals surface area contributed by atoms with Crippen LogP contribution in [0.5, 0.6) is 0 Å². The van der Waals surface area contributed by atoms with Gasteiger partial charge in [0.25, 0.3) is 0 Å². The summed E-state index contributed by atoms with van der Waals surface area (Å²) in [6.07, 6.45) is 12.2. The van der Waals surface area contributed by atoms with Gasteiger partial charge in [-0.3, -0.25) is 0 Å². The average Bonchev–Trinajstić information content (AvgIpc) is 3.32. The van der Waals surface area contributed by atoms with E-state index in [2.05, 4.69) is 90.1 Å². The lowest BCUT2D eigenvalue weighted by atomic mass is 9.61. The van der Waals surface area contributed by atoms with Gasteiger partial charge < -0.3 is 0 Å². The molecule has 31 heavy (non-hydrogen) atoms. The number of aryl methyl sites for hydroxylation is 2. The molecule has 0 bridgehead atoms. The van der Waals surface area contributed by atoms with Gasteiger partial charge in [-0.15, -0.1) is 0 Å². The zero-order valence-electron chi connectivity index (χ0n) is 20.5. The minimum absolute atomic E-state index is 0.136. The molecule has 0 saturated carbocycles. The second kappa shape index (κ2) is 8.81. The average molecular weight is 413 g/mol. The fourth-order valence-electron chi connectivity index (χ4n) is 6.61. The van der Waals surface area contributed by atoms with E-state index in [4.69, 9.17) is 0 Å². The summed E-state index contributed by atoms with van der Waals surface area (Å²) < 4.78 is 0. The molecule has 2 aromatic carbocycles. The first-order valence-corrected chi connectivity index (χ1v) is 12.6. The number of benzene rings is 2. The Balaban J connectivity index is 1.87. The van der Waals surface area contributed by atoms with Crippen LogP contribution < -0.4 is 0 Å². The molecule has 0 amide bonds. The van der Waals surface area contributed by atoms with E-state index in [0.717, 1.165) is 12.8 Å². The molecule has 0 saturated heterocycles. The molecule has 0 aliphatic heterocycles. The first-order chi connectivity index (χ1) is 15.0. The molecule has 0 heterocycles. The second-order valence-corrected chi connectivity index (χ2v) is 10.2. The minimum Gasteiger partial charge on any atom is -0.0651 e. The van der Waals surface area contributed by atoms with Gasteiger partial charge >= 0.3 is 0 Å². The SMILES string of the molecule is CCCC1=Cc2c(CC)cccc2C1C(C)(C)C1C(CCC)=Cc2c(CC)cccc21. The molecule has 2 unspecified atom stereocenters. The Morgan fingerprint density at radius 2 is 1.06 bits per heavy atom. The molecule has 0 fully saturated rings. The van der Waals surface area contributed by atoms with Crippen molar-refractivity contribution in [2.75, 3.05) is 0 Å². The third kappa shape index (κ3) is 3.63. The maximum absolute atomic E-state index is 2.56. The number of hydrogen-bond acceptors (Lipinski definition) is 0. The molecule has 0 heteroatoms. The van der Waals surface area contributed by atoms with E-state index in [1.807, 2.05) is 0 Å². The van der Waals surface area contributed by atoms with E-state index < -0.39 is 0 Å². The largest absolute Gasteiger partial charge is 0.0651 e. The van der Waals surface area contributed by atoms with Crippen molar-refractivity contribution in [3.63, 3.8) is 0 Å². The third-order valence-corrected chi connectivity index (χ3v) is 7.81. The van der Waals surface area contributed by atoms with Crippen LogP contribution in [0.3, 0.4) is 0 Å². The quantitative estimate of drug-likeness (QED) is 0.405. The van der Waals surface area contributed by atoms with Crippen LogP contribution in [0.15, 0.2) is 47.5 Å². The Morgan fingerprint density at radius 1 is 0.645 bits per heavy atom. The van der Waals surface area contributed by atoms with Crippen LogP contribution in [0.1, 0.15) is 112 Å². The molecule has 2 aliphatic carbocycles. The summed E-state index contributed by atoms with van der Waals surface area (Å²) in [5.74, 6) is 0.992. The van der Waals surface area contributed by atoms with E-state index in [1.54, 1.807) is 22.3 Å². The van der Waals surface area contributed by atoms with Gasteiger partial charge in [0.2, 0.25) is 0 Å². The number of fused-ring (bicyclic) bond motifs is 2. The summed E-state index contributed by atoms with van der Waals surface area (Å²) in [7, 11) is 0. The molecule has 0 N–H and O–H groups in total. The molecule has 0 spiro atoms. The highest BCUT2D eigenvalue weighted by atomic mass is 14.5. The number of hydrogen-bond donors (Lipinski definition) is 0. The van der Waals surface area contributed by atoms with Gasteiger partial charge in [-0.25, -0.2) is 0 Å². The zero-order valence-corrected chi connectivity index (χ0v) is 20.5. The molecule has 0 radical (unpaired) electrons. The normalized spacial score (nSPS) is 19.8. The van der Waals surface area contributed by atoms with Gasteiger partial charge in [0.1, 0.15) is 0 Å². The van der Waals surface area contributed by atoms with Crippen molar-refractivity contribution in [3.8, 4) is 0 Å².